The first-order chi connectivity index (χ1) is 8.22. The smallest absolute Gasteiger partial charge is 0.294 e. The molecule has 0 amide bonds. The van der Waals surface area contributed by atoms with E-state index in [9.17, 15) is 0 Å². The average Bonchev–Trinajstić information content (AvgIpc) is 2.71. The molecule has 0 spiro atoms. The third-order valence-corrected chi connectivity index (χ3v) is 2.91. The lowest BCUT2D eigenvalue weighted by Crippen LogP contribution is -1.92. The molecule has 0 fully saturated rings. The van der Waals surface area contributed by atoms with Gasteiger partial charge in [0.15, 0.2) is 0 Å². The molecule has 3 heteroatoms. The zero-order chi connectivity index (χ0) is 12.3. The predicted molar refractivity (Wildman–Crippen MR) is 69.4 cm³/mol. The molecule has 1 heterocycles. The minimum absolute atomic E-state index is 0.586. The summed E-state index contributed by atoms with van der Waals surface area (Å²) in [5, 5.41) is 2.91. The predicted octanol–water partition coefficient (Wildman–Crippen LogP) is 3.18. The van der Waals surface area contributed by atoms with Crippen LogP contribution in [0.1, 0.15) is 29.5 Å². The van der Waals surface area contributed by atoms with Gasteiger partial charge < -0.3 is 9.73 Å². The van der Waals surface area contributed by atoms with Gasteiger partial charge in [-0.05, 0) is 24.5 Å². The monoisotopic (exact) mass is 230 g/mol. The maximum atomic E-state index is 5.46. The van der Waals surface area contributed by atoms with Crippen LogP contribution in [0, 0.1) is 6.92 Å². The standard InChI is InChI=1S/C14H18N2O/c1-4-11-5-7-12(8-6-11)9-13-10(2)17-14(15-3)16-13/h5-8H,4,9H2,1-3H3,(H,15,16). The first kappa shape index (κ1) is 11.7. The third kappa shape index (κ3) is 2.67. The van der Waals surface area contributed by atoms with Crippen LogP contribution < -0.4 is 5.32 Å². The molecule has 0 bridgehead atoms. The number of aryl methyl sites for hydroxylation is 2. The van der Waals surface area contributed by atoms with Crippen LogP contribution in [-0.2, 0) is 12.8 Å². The van der Waals surface area contributed by atoms with Crippen LogP contribution in [0.25, 0.3) is 0 Å². The molecule has 0 aliphatic heterocycles. The van der Waals surface area contributed by atoms with Crippen molar-refractivity contribution in [2.75, 3.05) is 12.4 Å². The zero-order valence-corrected chi connectivity index (χ0v) is 10.6. The van der Waals surface area contributed by atoms with Crippen molar-refractivity contribution in [3.05, 3.63) is 46.8 Å². The first-order valence-corrected chi connectivity index (χ1v) is 5.94. The van der Waals surface area contributed by atoms with Gasteiger partial charge in [-0.25, -0.2) is 0 Å². The molecule has 0 saturated heterocycles. The minimum Gasteiger partial charge on any atom is -0.429 e. The quantitative estimate of drug-likeness (QED) is 0.876. The fourth-order valence-electron chi connectivity index (χ4n) is 1.79. The van der Waals surface area contributed by atoms with Crippen molar-refractivity contribution in [1.29, 1.82) is 0 Å². The second-order valence-electron chi connectivity index (χ2n) is 4.12. The van der Waals surface area contributed by atoms with Crippen LogP contribution in [0.5, 0.6) is 0 Å². The topological polar surface area (TPSA) is 38.1 Å². The number of benzene rings is 1. The van der Waals surface area contributed by atoms with Gasteiger partial charge in [-0.3, -0.25) is 0 Å². The summed E-state index contributed by atoms with van der Waals surface area (Å²) in [5.41, 5.74) is 3.63. The van der Waals surface area contributed by atoms with Gasteiger partial charge in [-0.2, -0.15) is 4.98 Å². The van der Waals surface area contributed by atoms with Gasteiger partial charge in [0.1, 0.15) is 5.76 Å². The van der Waals surface area contributed by atoms with E-state index in [0.29, 0.717) is 6.01 Å². The van der Waals surface area contributed by atoms with Crippen molar-refractivity contribution >= 4 is 6.01 Å². The molecule has 1 aromatic carbocycles. The second-order valence-corrected chi connectivity index (χ2v) is 4.12. The van der Waals surface area contributed by atoms with Crippen molar-refractivity contribution in [2.45, 2.75) is 26.7 Å². The van der Waals surface area contributed by atoms with Gasteiger partial charge in [0.25, 0.3) is 6.01 Å². The summed E-state index contributed by atoms with van der Waals surface area (Å²) in [5.74, 6) is 0.883. The highest BCUT2D eigenvalue weighted by Crippen LogP contribution is 2.17. The number of hydrogen-bond donors (Lipinski definition) is 1. The van der Waals surface area contributed by atoms with Crippen molar-refractivity contribution in [2.24, 2.45) is 0 Å². The zero-order valence-electron chi connectivity index (χ0n) is 10.6. The molecule has 0 atom stereocenters. The van der Waals surface area contributed by atoms with E-state index in [0.717, 1.165) is 24.3 Å². The van der Waals surface area contributed by atoms with Gasteiger partial charge in [-0.1, -0.05) is 31.2 Å². The van der Waals surface area contributed by atoms with E-state index in [1.807, 2.05) is 14.0 Å². The fraction of sp³-hybridized carbons (Fsp3) is 0.357. The molecule has 0 radical (unpaired) electrons. The molecule has 3 nitrogen and oxygen atoms in total. The molecule has 1 aromatic heterocycles. The lowest BCUT2D eigenvalue weighted by Gasteiger charge is -2.00. The fourth-order valence-corrected chi connectivity index (χ4v) is 1.79. The molecule has 1 N–H and O–H groups in total. The number of hydrogen-bond acceptors (Lipinski definition) is 3. The van der Waals surface area contributed by atoms with Crippen LogP contribution in [0.2, 0.25) is 0 Å². The molecule has 2 aromatic rings. The molecule has 0 aliphatic carbocycles. The van der Waals surface area contributed by atoms with Crippen molar-refractivity contribution in [3.63, 3.8) is 0 Å². The molecule has 0 aliphatic rings. The second kappa shape index (κ2) is 5.04. The van der Waals surface area contributed by atoms with Crippen LogP contribution in [0.3, 0.4) is 0 Å². The van der Waals surface area contributed by atoms with Crippen LogP contribution in [0.15, 0.2) is 28.7 Å². The maximum Gasteiger partial charge on any atom is 0.294 e. The highest BCUT2D eigenvalue weighted by atomic mass is 16.4. The summed E-state index contributed by atoms with van der Waals surface area (Å²) >= 11 is 0. The van der Waals surface area contributed by atoms with Gasteiger partial charge in [0, 0.05) is 13.5 Å². The molecule has 2 rings (SSSR count). The third-order valence-electron chi connectivity index (χ3n) is 2.91. The Morgan fingerprint density at radius 3 is 2.35 bits per heavy atom. The molecular formula is C14H18N2O. The Morgan fingerprint density at radius 1 is 1.18 bits per heavy atom. The van der Waals surface area contributed by atoms with E-state index in [4.69, 9.17) is 4.42 Å². The number of nitrogens with one attached hydrogen (secondary N) is 1. The van der Waals surface area contributed by atoms with Crippen LogP contribution in [0.4, 0.5) is 6.01 Å². The molecular weight excluding hydrogens is 212 g/mol. The SMILES string of the molecule is CCc1ccc(Cc2nc(NC)oc2C)cc1. The van der Waals surface area contributed by atoms with Gasteiger partial charge >= 0.3 is 0 Å². The lowest BCUT2D eigenvalue weighted by atomic mass is 10.1. The summed E-state index contributed by atoms with van der Waals surface area (Å²) in [4.78, 5) is 4.39. The minimum atomic E-state index is 0.586. The van der Waals surface area contributed by atoms with E-state index in [1.165, 1.54) is 11.1 Å². The van der Waals surface area contributed by atoms with E-state index >= 15 is 0 Å². The van der Waals surface area contributed by atoms with Crippen molar-refractivity contribution < 1.29 is 4.42 Å². The largest absolute Gasteiger partial charge is 0.429 e. The Balaban J connectivity index is 2.16. The number of nitrogens with zero attached hydrogens (tertiary/aromatic N) is 1. The molecule has 90 valence electrons. The number of anilines is 1. The van der Waals surface area contributed by atoms with Gasteiger partial charge in [0.2, 0.25) is 0 Å². The summed E-state index contributed by atoms with van der Waals surface area (Å²) in [6.45, 7) is 4.11. The maximum absolute atomic E-state index is 5.46. The van der Waals surface area contributed by atoms with E-state index in [2.05, 4.69) is 41.5 Å². The molecule has 17 heavy (non-hydrogen) atoms. The summed E-state index contributed by atoms with van der Waals surface area (Å²) in [7, 11) is 1.81. The molecule has 0 unspecified atom stereocenters. The Labute approximate surface area is 102 Å². The Kier molecular flexibility index (Phi) is 3.47. The first-order valence-electron chi connectivity index (χ1n) is 5.94. The lowest BCUT2D eigenvalue weighted by molar-refractivity contribution is 0.541. The van der Waals surface area contributed by atoms with E-state index in [-0.39, 0.29) is 0 Å². The van der Waals surface area contributed by atoms with Gasteiger partial charge in [-0.15, -0.1) is 0 Å². The van der Waals surface area contributed by atoms with Crippen molar-refractivity contribution in [3.8, 4) is 0 Å². The summed E-state index contributed by atoms with van der Waals surface area (Å²) in [6.07, 6.45) is 1.90. The number of oxazole rings is 1. The van der Waals surface area contributed by atoms with Crippen molar-refractivity contribution in [1.82, 2.24) is 4.98 Å². The highest BCUT2D eigenvalue weighted by molar-refractivity contribution is 5.30. The summed E-state index contributed by atoms with van der Waals surface area (Å²) in [6, 6.07) is 9.24. The molecule has 0 saturated carbocycles. The Morgan fingerprint density at radius 2 is 1.82 bits per heavy atom. The number of aromatic nitrogens is 1. The van der Waals surface area contributed by atoms with E-state index < -0.39 is 0 Å². The summed E-state index contributed by atoms with van der Waals surface area (Å²) < 4.78 is 5.46. The van der Waals surface area contributed by atoms with Crippen LogP contribution in [-0.4, -0.2) is 12.0 Å². The normalized spacial score (nSPS) is 10.5. The Bertz CT molecular complexity index is 485. The van der Waals surface area contributed by atoms with Gasteiger partial charge in [0.05, 0.1) is 5.69 Å². The van der Waals surface area contributed by atoms with E-state index in [1.54, 1.807) is 0 Å². The average molecular weight is 230 g/mol. The highest BCUT2D eigenvalue weighted by Gasteiger charge is 2.08. The number of rotatable bonds is 4. The van der Waals surface area contributed by atoms with Crippen LogP contribution >= 0.6 is 0 Å². The Hall–Kier alpha value is -1.77.